The number of rotatable bonds is 8. The summed E-state index contributed by atoms with van der Waals surface area (Å²) >= 11 is 0. The topological polar surface area (TPSA) is 103 Å². The molecular weight excluding hydrogens is 350 g/mol. The number of unbranched alkanes of at least 4 members (excludes halogenated alkanes) is 1. The number of Topliss-reactive ketones (excluding diaryl/α,β-unsaturated/α-hetero) is 1. The van der Waals surface area contributed by atoms with Crippen molar-refractivity contribution in [1.82, 2.24) is 9.47 Å². The van der Waals surface area contributed by atoms with Crippen molar-refractivity contribution in [1.29, 1.82) is 0 Å². The third kappa shape index (κ3) is 4.66. The Bertz CT molecular complexity index is 906. The first-order valence-corrected chi connectivity index (χ1v) is 8.57. The van der Waals surface area contributed by atoms with Crippen LogP contribution in [0, 0.1) is 10.1 Å². The molecule has 2 aromatic rings. The van der Waals surface area contributed by atoms with Crippen LogP contribution in [0.15, 0.2) is 53.5 Å². The van der Waals surface area contributed by atoms with Crippen LogP contribution in [0.2, 0.25) is 0 Å². The molecule has 8 nitrogen and oxygen atoms in total. The minimum absolute atomic E-state index is 0.00203. The average Bonchev–Trinajstić information content (AvgIpc) is 2.67. The van der Waals surface area contributed by atoms with Crippen molar-refractivity contribution in [2.45, 2.75) is 25.8 Å². The van der Waals surface area contributed by atoms with Crippen LogP contribution in [0.4, 0.5) is 5.69 Å². The summed E-state index contributed by atoms with van der Waals surface area (Å²) in [7, 11) is 1.57. The molecule has 0 aliphatic rings. The summed E-state index contributed by atoms with van der Waals surface area (Å²) in [4.78, 5) is 50.0. The van der Waals surface area contributed by atoms with Crippen LogP contribution in [0.1, 0.15) is 36.2 Å². The third-order valence-electron chi connectivity index (χ3n) is 4.18. The Balaban J connectivity index is 2.49. The van der Waals surface area contributed by atoms with E-state index in [9.17, 15) is 24.5 Å². The highest BCUT2D eigenvalue weighted by molar-refractivity contribution is 6.12. The van der Waals surface area contributed by atoms with Gasteiger partial charge in [-0.1, -0.05) is 31.5 Å². The number of carbonyl (C=O) groups is 2. The number of likely N-dealkylation sites (N-methyl/N-ethyl adjacent to an activating group) is 1. The maximum absolute atomic E-state index is 13.1. The van der Waals surface area contributed by atoms with Gasteiger partial charge < -0.3 is 4.90 Å². The molecular formula is C19H21N3O5. The Hall–Kier alpha value is -3.29. The summed E-state index contributed by atoms with van der Waals surface area (Å²) in [5, 5.41) is 11.0. The van der Waals surface area contributed by atoms with Gasteiger partial charge in [0.1, 0.15) is 0 Å². The first kappa shape index (κ1) is 20.0. The predicted molar refractivity (Wildman–Crippen MR) is 99.7 cm³/mol. The number of carbonyl (C=O) groups excluding carboxylic acids is 2. The number of ketones is 1. The van der Waals surface area contributed by atoms with Gasteiger partial charge in [0, 0.05) is 43.6 Å². The van der Waals surface area contributed by atoms with E-state index in [0.717, 1.165) is 23.5 Å². The van der Waals surface area contributed by atoms with Crippen LogP contribution in [0.25, 0.3) is 0 Å². The zero-order valence-electron chi connectivity index (χ0n) is 15.2. The summed E-state index contributed by atoms with van der Waals surface area (Å²) in [6.07, 6.45) is 2.99. The molecule has 27 heavy (non-hydrogen) atoms. The molecule has 0 saturated carbocycles. The number of nitro benzene ring substituents is 1. The standard InChI is InChI=1S/C19H21N3O5/c1-3-4-11-20(2)19(25)17(21-12-6-5-10-16(21)23)18(24)14-8-7-9-15(13-14)22(26)27/h5-10,12-13,17H,3-4,11H2,1-2H3. The Morgan fingerprint density at radius 2 is 1.96 bits per heavy atom. The summed E-state index contributed by atoms with van der Waals surface area (Å²) in [5.74, 6) is -1.20. The Kier molecular flexibility index (Phi) is 6.59. The fraction of sp³-hybridized carbons (Fsp3) is 0.316. The van der Waals surface area contributed by atoms with Gasteiger partial charge in [0.05, 0.1) is 4.92 Å². The van der Waals surface area contributed by atoms with E-state index >= 15 is 0 Å². The van der Waals surface area contributed by atoms with E-state index in [1.165, 1.54) is 41.4 Å². The number of benzene rings is 1. The summed E-state index contributed by atoms with van der Waals surface area (Å²) < 4.78 is 1.06. The maximum Gasteiger partial charge on any atom is 0.270 e. The molecule has 1 aromatic carbocycles. The van der Waals surface area contributed by atoms with Crippen LogP contribution >= 0.6 is 0 Å². The van der Waals surface area contributed by atoms with Gasteiger partial charge in [-0.25, -0.2) is 0 Å². The van der Waals surface area contributed by atoms with Crippen molar-refractivity contribution < 1.29 is 14.5 Å². The first-order valence-electron chi connectivity index (χ1n) is 8.57. The smallest absolute Gasteiger partial charge is 0.270 e. The highest BCUT2D eigenvalue weighted by Gasteiger charge is 2.32. The van der Waals surface area contributed by atoms with E-state index in [4.69, 9.17) is 0 Å². The van der Waals surface area contributed by atoms with E-state index in [1.54, 1.807) is 13.1 Å². The minimum atomic E-state index is -1.41. The van der Waals surface area contributed by atoms with E-state index in [-0.39, 0.29) is 11.3 Å². The lowest BCUT2D eigenvalue weighted by atomic mass is 10.0. The van der Waals surface area contributed by atoms with Crippen LogP contribution in [0.5, 0.6) is 0 Å². The van der Waals surface area contributed by atoms with Crippen LogP contribution in [-0.4, -0.2) is 39.7 Å². The van der Waals surface area contributed by atoms with E-state index in [0.29, 0.717) is 6.54 Å². The average molecular weight is 371 g/mol. The van der Waals surface area contributed by atoms with Crippen molar-refractivity contribution in [3.63, 3.8) is 0 Å². The zero-order valence-corrected chi connectivity index (χ0v) is 15.2. The largest absolute Gasteiger partial charge is 0.344 e. The SMILES string of the molecule is CCCCN(C)C(=O)C(C(=O)c1cccc([N+](=O)[O-])c1)n1ccccc1=O. The van der Waals surface area contributed by atoms with Crippen LogP contribution < -0.4 is 5.56 Å². The van der Waals surface area contributed by atoms with Crippen molar-refractivity contribution in [2.24, 2.45) is 0 Å². The first-order chi connectivity index (χ1) is 12.9. The molecule has 0 saturated heterocycles. The van der Waals surface area contributed by atoms with E-state index in [2.05, 4.69) is 0 Å². The number of pyridine rings is 1. The number of nitrogens with zero attached hydrogens (tertiary/aromatic N) is 3. The Morgan fingerprint density at radius 3 is 2.59 bits per heavy atom. The molecule has 0 fully saturated rings. The van der Waals surface area contributed by atoms with Crippen molar-refractivity contribution in [2.75, 3.05) is 13.6 Å². The molecule has 0 spiro atoms. The molecule has 0 aliphatic heterocycles. The number of hydrogen-bond donors (Lipinski definition) is 0. The van der Waals surface area contributed by atoms with Gasteiger partial charge in [-0.2, -0.15) is 0 Å². The molecule has 8 heteroatoms. The van der Waals surface area contributed by atoms with Gasteiger partial charge in [-0.05, 0) is 12.5 Å². The number of aromatic nitrogens is 1. The molecule has 1 unspecified atom stereocenters. The lowest BCUT2D eigenvalue weighted by Crippen LogP contribution is -2.42. The maximum atomic E-state index is 13.1. The van der Waals surface area contributed by atoms with E-state index < -0.39 is 28.2 Å². The number of amides is 1. The summed E-state index contributed by atoms with van der Waals surface area (Å²) in [5.41, 5.74) is -0.757. The van der Waals surface area contributed by atoms with Crippen molar-refractivity contribution >= 4 is 17.4 Å². The van der Waals surface area contributed by atoms with Gasteiger partial charge in [-0.15, -0.1) is 0 Å². The van der Waals surface area contributed by atoms with Crippen LogP contribution in [-0.2, 0) is 4.79 Å². The number of nitro groups is 1. The van der Waals surface area contributed by atoms with Gasteiger partial charge in [-0.3, -0.25) is 29.1 Å². The van der Waals surface area contributed by atoms with Gasteiger partial charge in [0.2, 0.25) is 0 Å². The summed E-state index contributed by atoms with van der Waals surface area (Å²) in [6.45, 7) is 2.42. The second-order valence-electron chi connectivity index (χ2n) is 6.13. The van der Waals surface area contributed by atoms with Gasteiger partial charge in [0.25, 0.3) is 17.2 Å². The quantitative estimate of drug-likeness (QED) is 0.307. The fourth-order valence-corrected chi connectivity index (χ4v) is 2.66. The molecule has 0 aliphatic carbocycles. The molecule has 1 amide bonds. The summed E-state index contributed by atoms with van der Waals surface area (Å²) in [6, 6.07) is 8.05. The van der Waals surface area contributed by atoms with Gasteiger partial charge in [0.15, 0.2) is 11.8 Å². The monoisotopic (exact) mass is 371 g/mol. The molecule has 1 atom stereocenters. The zero-order chi connectivity index (χ0) is 20.0. The molecule has 1 heterocycles. The van der Waals surface area contributed by atoms with Crippen LogP contribution in [0.3, 0.4) is 0 Å². The normalized spacial score (nSPS) is 11.6. The number of non-ortho nitro benzene ring substituents is 1. The molecule has 2 rings (SSSR count). The van der Waals surface area contributed by atoms with E-state index in [1.807, 2.05) is 6.92 Å². The molecule has 0 bridgehead atoms. The lowest BCUT2D eigenvalue weighted by molar-refractivity contribution is -0.384. The lowest BCUT2D eigenvalue weighted by Gasteiger charge is -2.24. The minimum Gasteiger partial charge on any atom is -0.344 e. The molecule has 0 radical (unpaired) electrons. The third-order valence-corrected chi connectivity index (χ3v) is 4.18. The second-order valence-corrected chi connectivity index (χ2v) is 6.13. The second kappa shape index (κ2) is 8.88. The number of hydrogen-bond acceptors (Lipinski definition) is 5. The van der Waals surface area contributed by atoms with Crippen molar-refractivity contribution in [3.05, 3.63) is 74.7 Å². The van der Waals surface area contributed by atoms with Gasteiger partial charge >= 0.3 is 0 Å². The molecule has 1 aromatic heterocycles. The Labute approximate surface area is 156 Å². The fourth-order valence-electron chi connectivity index (χ4n) is 2.66. The highest BCUT2D eigenvalue weighted by atomic mass is 16.6. The van der Waals surface area contributed by atoms with Crippen molar-refractivity contribution in [3.8, 4) is 0 Å². The molecule has 0 N–H and O–H groups in total. The predicted octanol–water partition coefficient (Wildman–Crippen LogP) is 2.44. The molecule has 142 valence electrons. The Morgan fingerprint density at radius 1 is 1.22 bits per heavy atom. The highest BCUT2D eigenvalue weighted by Crippen LogP contribution is 2.20.